The van der Waals surface area contributed by atoms with E-state index >= 15 is 0 Å². The van der Waals surface area contributed by atoms with E-state index in [1.54, 1.807) is 18.2 Å². The third kappa shape index (κ3) is 3.24. The molecule has 0 N–H and O–H groups in total. The smallest absolute Gasteiger partial charge is 0.139 e. The van der Waals surface area contributed by atoms with Gasteiger partial charge in [0.05, 0.1) is 15.7 Å². The van der Waals surface area contributed by atoms with Crippen molar-refractivity contribution in [1.82, 2.24) is 0 Å². The van der Waals surface area contributed by atoms with E-state index in [0.717, 1.165) is 5.56 Å². The molecule has 3 heteroatoms. The first kappa shape index (κ1) is 12.0. The molecule has 0 aliphatic rings. The van der Waals surface area contributed by atoms with Crippen molar-refractivity contribution in [1.29, 1.82) is 0 Å². The molecule has 0 spiro atoms. The van der Waals surface area contributed by atoms with Gasteiger partial charge in [-0.1, -0.05) is 42.5 Å². The minimum Gasteiger partial charge on any atom is -0.254 e. The van der Waals surface area contributed by atoms with Crippen molar-refractivity contribution < 1.29 is 8.60 Å². The highest BCUT2D eigenvalue weighted by atomic mass is 32.2. The second kappa shape index (κ2) is 5.73. The Balaban J connectivity index is 2.01. The molecule has 0 fully saturated rings. The molecule has 0 saturated carbocycles. The monoisotopic (exact) mass is 248 g/mol. The first-order chi connectivity index (χ1) is 8.27. The minimum absolute atomic E-state index is 0.295. The van der Waals surface area contributed by atoms with Crippen molar-refractivity contribution in [2.24, 2.45) is 0 Å². The molecule has 88 valence electrons. The third-order valence-corrected chi connectivity index (χ3v) is 3.90. The fourth-order valence-corrected chi connectivity index (χ4v) is 2.75. The maximum atomic E-state index is 13.4. The molecule has 1 nitrogen and oxygen atoms in total. The average Bonchev–Trinajstić information content (AvgIpc) is 2.38. The van der Waals surface area contributed by atoms with Crippen LogP contribution in [0.15, 0.2) is 59.5 Å². The second-order valence-electron chi connectivity index (χ2n) is 3.72. The topological polar surface area (TPSA) is 17.1 Å². The molecule has 1 atom stereocenters. The highest BCUT2D eigenvalue weighted by molar-refractivity contribution is 7.85. The number of hydrogen-bond donors (Lipinski definition) is 0. The summed E-state index contributed by atoms with van der Waals surface area (Å²) in [6.45, 7) is 0. The highest BCUT2D eigenvalue weighted by Crippen LogP contribution is 2.13. The van der Waals surface area contributed by atoms with E-state index in [-0.39, 0.29) is 5.82 Å². The number of benzene rings is 2. The van der Waals surface area contributed by atoms with E-state index < -0.39 is 10.8 Å². The molecule has 2 aromatic carbocycles. The van der Waals surface area contributed by atoms with Crippen LogP contribution in [0.5, 0.6) is 0 Å². The summed E-state index contributed by atoms with van der Waals surface area (Å²) < 4.78 is 25.3. The van der Waals surface area contributed by atoms with Crippen LogP contribution in [-0.4, -0.2) is 9.96 Å². The standard InChI is InChI=1S/C14H13FOS/c15-13-8-4-5-9-14(13)17(16)11-10-12-6-2-1-3-7-12/h1-9H,10-11H2. The SMILES string of the molecule is O=S(CCc1ccccc1)c1ccccc1F. The maximum Gasteiger partial charge on any atom is 0.139 e. The Morgan fingerprint density at radius 1 is 0.941 bits per heavy atom. The molecular formula is C14H13FOS. The summed E-state index contributed by atoms with van der Waals surface area (Å²) in [7, 11) is -1.27. The van der Waals surface area contributed by atoms with Gasteiger partial charge in [0.1, 0.15) is 5.82 Å². The molecule has 17 heavy (non-hydrogen) atoms. The Hall–Kier alpha value is -1.48. The summed E-state index contributed by atoms with van der Waals surface area (Å²) >= 11 is 0. The van der Waals surface area contributed by atoms with Crippen LogP contribution in [0.3, 0.4) is 0 Å². The van der Waals surface area contributed by atoms with Gasteiger partial charge in [-0.25, -0.2) is 4.39 Å². The maximum absolute atomic E-state index is 13.4. The number of halogens is 1. The molecule has 0 heterocycles. The van der Waals surface area contributed by atoms with Gasteiger partial charge in [-0.15, -0.1) is 0 Å². The lowest BCUT2D eigenvalue weighted by atomic mass is 10.2. The normalized spacial score (nSPS) is 12.3. The predicted octanol–water partition coefficient (Wildman–Crippen LogP) is 3.18. The van der Waals surface area contributed by atoms with Crippen LogP contribution in [0.4, 0.5) is 4.39 Å². The van der Waals surface area contributed by atoms with Crippen LogP contribution in [-0.2, 0) is 17.2 Å². The van der Waals surface area contributed by atoms with Crippen molar-refractivity contribution in [3.63, 3.8) is 0 Å². The van der Waals surface area contributed by atoms with E-state index in [1.165, 1.54) is 6.07 Å². The zero-order chi connectivity index (χ0) is 12.1. The second-order valence-corrected chi connectivity index (χ2v) is 5.25. The lowest BCUT2D eigenvalue weighted by Crippen LogP contribution is -2.03. The molecule has 0 radical (unpaired) electrons. The molecule has 0 saturated heterocycles. The van der Waals surface area contributed by atoms with Gasteiger partial charge in [-0.05, 0) is 24.1 Å². The molecule has 2 rings (SSSR count). The van der Waals surface area contributed by atoms with E-state index in [9.17, 15) is 8.60 Å². The number of aryl methyl sites for hydroxylation is 1. The van der Waals surface area contributed by atoms with Gasteiger partial charge in [0.15, 0.2) is 0 Å². The first-order valence-electron chi connectivity index (χ1n) is 5.44. The number of hydrogen-bond acceptors (Lipinski definition) is 1. The summed E-state index contributed by atoms with van der Waals surface area (Å²) in [5.41, 5.74) is 1.12. The van der Waals surface area contributed by atoms with Gasteiger partial charge in [0.25, 0.3) is 0 Å². The van der Waals surface area contributed by atoms with Crippen molar-refractivity contribution in [3.05, 3.63) is 66.0 Å². The highest BCUT2D eigenvalue weighted by Gasteiger charge is 2.08. The molecule has 0 amide bonds. The Morgan fingerprint density at radius 3 is 2.29 bits per heavy atom. The van der Waals surface area contributed by atoms with Gasteiger partial charge in [-0.2, -0.15) is 0 Å². The van der Waals surface area contributed by atoms with Crippen LogP contribution in [0.25, 0.3) is 0 Å². The van der Waals surface area contributed by atoms with E-state index in [4.69, 9.17) is 0 Å². The van der Waals surface area contributed by atoms with Crippen molar-refractivity contribution in [3.8, 4) is 0 Å². The predicted molar refractivity (Wildman–Crippen MR) is 67.8 cm³/mol. The Kier molecular flexibility index (Phi) is 4.04. The van der Waals surface area contributed by atoms with E-state index in [1.807, 2.05) is 30.3 Å². The Morgan fingerprint density at radius 2 is 1.59 bits per heavy atom. The molecular weight excluding hydrogens is 235 g/mol. The summed E-state index contributed by atoms with van der Waals surface area (Å²) in [5, 5.41) is 0. The van der Waals surface area contributed by atoms with Crippen LogP contribution in [0, 0.1) is 5.82 Å². The van der Waals surface area contributed by atoms with Crippen molar-refractivity contribution in [2.75, 3.05) is 5.75 Å². The molecule has 1 unspecified atom stereocenters. The quantitative estimate of drug-likeness (QED) is 0.812. The zero-order valence-electron chi connectivity index (χ0n) is 9.30. The Labute approximate surface area is 103 Å². The van der Waals surface area contributed by atoms with Gasteiger partial charge in [0.2, 0.25) is 0 Å². The molecule has 0 bridgehead atoms. The molecule has 0 aliphatic carbocycles. The lowest BCUT2D eigenvalue weighted by Gasteiger charge is -2.03. The van der Waals surface area contributed by atoms with Crippen LogP contribution in [0.2, 0.25) is 0 Å². The molecule has 2 aromatic rings. The summed E-state index contributed by atoms with van der Waals surface area (Å²) in [6.07, 6.45) is 0.696. The zero-order valence-corrected chi connectivity index (χ0v) is 10.1. The first-order valence-corrected chi connectivity index (χ1v) is 6.76. The van der Waals surface area contributed by atoms with Gasteiger partial charge >= 0.3 is 0 Å². The van der Waals surface area contributed by atoms with Crippen LogP contribution < -0.4 is 0 Å². The van der Waals surface area contributed by atoms with Gasteiger partial charge < -0.3 is 0 Å². The summed E-state index contributed by atoms with van der Waals surface area (Å²) in [6, 6.07) is 16.0. The molecule has 0 aliphatic heterocycles. The Bertz CT molecular complexity index is 511. The van der Waals surface area contributed by atoms with E-state index in [0.29, 0.717) is 17.1 Å². The third-order valence-electron chi connectivity index (χ3n) is 2.50. The average molecular weight is 248 g/mol. The van der Waals surface area contributed by atoms with Gasteiger partial charge in [-0.3, -0.25) is 4.21 Å². The minimum atomic E-state index is -1.27. The van der Waals surface area contributed by atoms with Gasteiger partial charge in [0, 0.05) is 5.75 Å². The van der Waals surface area contributed by atoms with Crippen molar-refractivity contribution in [2.45, 2.75) is 11.3 Å². The lowest BCUT2D eigenvalue weighted by molar-refractivity contribution is 0.595. The van der Waals surface area contributed by atoms with Crippen molar-refractivity contribution >= 4 is 10.8 Å². The summed E-state index contributed by atoms with van der Waals surface area (Å²) in [4.78, 5) is 0.295. The summed E-state index contributed by atoms with van der Waals surface area (Å²) in [5.74, 6) is 0.0594. The molecule has 0 aromatic heterocycles. The van der Waals surface area contributed by atoms with Crippen LogP contribution in [0.1, 0.15) is 5.56 Å². The van der Waals surface area contributed by atoms with Crippen LogP contribution >= 0.6 is 0 Å². The fraction of sp³-hybridized carbons (Fsp3) is 0.143. The number of rotatable bonds is 4. The fourth-order valence-electron chi connectivity index (χ4n) is 1.59. The largest absolute Gasteiger partial charge is 0.254 e. The van der Waals surface area contributed by atoms with E-state index in [2.05, 4.69) is 0 Å².